The van der Waals surface area contributed by atoms with Gasteiger partial charge in [0, 0.05) is 12.7 Å². The van der Waals surface area contributed by atoms with Crippen molar-refractivity contribution < 1.29 is 17.9 Å². The number of ether oxygens (including phenoxy) is 1. The van der Waals surface area contributed by atoms with E-state index in [-0.39, 0.29) is 18.1 Å². The molecule has 7 heteroatoms. The second kappa shape index (κ2) is 9.93. The molecule has 2 aromatic carbocycles. The predicted molar refractivity (Wildman–Crippen MR) is 110 cm³/mol. The van der Waals surface area contributed by atoms with Crippen LogP contribution in [0.15, 0.2) is 48.5 Å². The summed E-state index contributed by atoms with van der Waals surface area (Å²) in [6.45, 7) is -0.0218. The van der Waals surface area contributed by atoms with E-state index >= 15 is 0 Å². The summed E-state index contributed by atoms with van der Waals surface area (Å²) >= 11 is 11.8. The van der Waals surface area contributed by atoms with Gasteiger partial charge in [-0.2, -0.15) is 0 Å². The van der Waals surface area contributed by atoms with Crippen LogP contribution in [0.1, 0.15) is 24.0 Å². The monoisotopic (exact) mass is 426 g/mol. The lowest BCUT2D eigenvalue weighted by Gasteiger charge is -2.06. The summed E-state index contributed by atoms with van der Waals surface area (Å²) in [7, 11) is -3.07. The molecule has 0 saturated carbocycles. The first kappa shape index (κ1) is 21.5. The summed E-state index contributed by atoms with van der Waals surface area (Å²) in [6, 6.07) is 12.0. The van der Waals surface area contributed by atoms with Gasteiger partial charge in [-0.15, -0.1) is 0 Å². The van der Waals surface area contributed by atoms with Crippen LogP contribution >= 0.6 is 23.2 Å². The van der Waals surface area contributed by atoms with Crippen LogP contribution < -0.4 is 4.74 Å². The SMILES string of the molecule is CS(=O)(=O)Cc1ccc(OCC(=O)CC/C=C/c2ccc(Cl)c(Cl)c2)cc1. The van der Waals surface area contributed by atoms with E-state index in [0.29, 0.717) is 34.2 Å². The van der Waals surface area contributed by atoms with Gasteiger partial charge in [0.2, 0.25) is 0 Å². The zero-order valence-electron chi connectivity index (χ0n) is 14.8. The highest BCUT2D eigenvalue weighted by Crippen LogP contribution is 2.23. The molecule has 2 rings (SSSR count). The van der Waals surface area contributed by atoms with Crippen molar-refractivity contribution in [2.75, 3.05) is 12.9 Å². The number of carbonyl (C=O) groups excluding carboxylic acids is 1. The molecule has 0 aliphatic rings. The summed E-state index contributed by atoms with van der Waals surface area (Å²) in [5, 5.41) is 0.997. The standard InChI is InChI=1S/C20H20Cl2O4S/c1-27(24,25)14-16-6-9-18(10-7-16)26-13-17(23)5-3-2-4-15-8-11-19(21)20(22)12-15/h2,4,6-12H,3,5,13-14H2,1H3/b4-2+. The molecule has 0 aromatic heterocycles. The number of sulfone groups is 1. The van der Waals surface area contributed by atoms with Crippen molar-refractivity contribution in [3.63, 3.8) is 0 Å². The van der Waals surface area contributed by atoms with E-state index < -0.39 is 9.84 Å². The van der Waals surface area contributed by atoms with Crippen molar-refractivity contribution in [1.29, 1.82) is 0 Å². The van der Waals surface area contributed by atoms with Gasteiger partial charge in [0.05, 0.1) is 15.8 Å². The van der Waals surface area contributed by atoms with Crippen LogP contribution in [0.4, 0.5) is 0 Å². The van der Waals surface area contributed by atoms with Crippen LogP contribution in [-0.4, -0.2) is 27.1 Å². The van der Waals surface area contributed by atoms with Crippen molar-refractivity contribution in [3.05, 3.63) is 69.7 Å². The van der Waals surface area contributed by atoms with Crippen molar-refractivity contribution >= 4 is 44.9 Å². The topological polar surface area (TPSA) is 60.4 Å². The van der Waals surface area contributed by atoms with Gasteiger partial charge in [0.15, 0.2) is 15.6 Å². The summed E-state index contributed by atoms with van der Waals surface area (Å²) in [6.07, 6.45) is 5.93. The highest BCUT2D eigenvalue weighted by atomic mass is 35.5. The van der Waals surface area contributed by atoms with E-state index in [4.69, 9.17) is 27.9 Å². The number of hydrogen-bond donors (Lipinski definition) is 0. The maximum Gasteiger partial charge on any atom is 0.170 e. The minimum Gasteiger partial charge on any atom is -0.486 e. The Labute approximate surface area is 169 Å². The van der Waals surface area contributed by atoms with Crippen molar-refractivity contribution in [2.45, 2.75) is 18.6 Å². The first-order valence-corrected chi connectivity index (χ1v) is 11.1. The van der Waals surface area contributed by atoms with Gasteiger partial charge in [-0.1, -0.05) is 53.6 Å². The van der Waals surface area contributed by atoms with Gasteiger partial charge >= 0.3 is 0 Å². The Balaban J connectivity index is 1.74. The molecule has 0 atom stereocenters. The number of hydrogen-bond acceptors (Lipinski definition) is 4. The lowest BCUT2D eigenvalue weighted by molar-refractivity contribution is -0.120. The summed E-state index contributed by atoms with van der Waals surface area (Å²) in [5.74, 6) is 0.498. The molecule has 0 fully saturated rings. The molecule has 0 aliphatic heterocycles. The predicted octanol–water partition coefficient (Wildman–Crippen LogP) is 4.98. The fourth-order valence-electron chi connectivity index (χ4n) is 2.30. The largest absolute Gasteiger partial charge is 0.486 e. The lowest BCUT2D eigenvalue weighted by Crippen LogP contribution is -2.10. The third-order valence-electron chi connectivity index (χ3n) is 3.60. The molecule has 2 aromatic rings. The van der Waals surface area contributed by atoms with Crippen molar-refractivity contribution in [2.24, 2.45) is 0 Å². The molecule has 0 spiro atoms. The Bertz CT molecular complexity index is 919. The van der Waals surface area contributed by atoms with Crippen LogP contribution in [0.5, 0.6) is 5.75 Å². The Kier molecular flexibility index (Phi) is 7.90. The average Bonchev–Trinajstić information content (AvgIpc) is 2.60. The second-order valence-electron chi connectivity index (χ2n) is 6.16. The van der Waals surface area contributed by atoms with Crippen molar-refractivity contribution in [1.82, 2.24) is 0 Å². The number of benzene rings is 2. The molecule has 0 amide bonds. The molecular formula is C20H20Cl2O4S. The van der Waals surface area contributed by atoms with Gasteiger partial charge in [0.25, 0.3) is 0 Å². The van der Waals surface area contributed by atoms with Gasteiger partial charge < -0.3 is 4.74 Å². The zero-order chi connectivity index (χ0) is 19.9. The van der Waals surface area contributed by atoms with Crippen LogP contribution in [0.3, 0.4) is 0 Å². The maximum atomic E-state index is 11.9. The molecule has 0 radical (unpaired) electrons. The Morgan fingerprint density at radius 2 is 1.78 bits per heavy atom. The lowest BCUT2D eigenvalue weighted by atomic mass is 10.1. The third-order valence-corrected chi connectivity index (χ3v) is 5.19. The van der Waals surface area contributed by atoms with Crippen LogP contribution in [0, 0.1) is 0 Å². The molecule has 0 saturated heterocycles. The van der Waals surface area contributed by atoms with E-state index in [1.54, 1.807) is 36.4 Å². The normalized spacial score (nSPS) is 11.7. The molecule has 0 bridgehead atoms. The molecule has 0 heterocycles. The van der Waals surface area contributed by atoms with Gasteiger partial charge in [-0.05, 0) is 41.8 Å². The van der Waals surface area contributed by atoms with Crippen LogP contribution in [-0.2, 0) is 20.4 Å². The molecule has 0 unspecified atom stereocenters. The first-order valence-electron chi connectivity index (χ1n) is 8.26. The molecule has 0 N–H and O–H groups in total. The maximum absolute atomic E-state index is 11.9. The first-order chi connectivity index (χ1) is 12.7. The third kappa shape index (κ3) is 8.16. The average molecular weight is 427 g/mol. The van der Waals surface area contributed by atoms with E-state index in [2.05, 4.69) is 0 Å². The van der Waals surface area contributed by atoms with E-state index in [1.165, 1.54) is 6.26 Å². The number of Topliss-reactive ketones (excluding diaryl/α,β-unsaturated/α-hetero) is 1. The molecule has 0 aliphatic carbocycles. The molecule has 4 nitrogen and oxygen atoms in total. The highest BCUT2D eigenvalue weighted by molar-refractivity contribution is 7.89. The number of ketones is 1. The van der Waals surface area contributed by atoms with Crippen molar-refractivity contribution in [3.8, 4) is 5.75 Å². The highest BCUT2D eigenvalue weighted by Gasteiger charge is 2.06. The van der Waals surface area contributed by atoms with Gasteiger partial charge in [0.1, 0.15) is 12.4 Å². The summed E-state index contributed by atoms with van der Waals surface area (Å²) < 4.78 is 27.9. The minimum absolute atomic E-state index is 0.0165. The summed E-state index contributed by atoms with van der Waals surface area (Å²) in [4.78, 5) is 11.9. The number of halogens is 2. The van der Waals surface area contributed by atoms with Gasteiger partial charge in [-0.3, -0.25) is 4.79 Å². The van der Waals surface area contributed by atoms with E-state index in [0.717, 1.165) is 5.56 Å². The fraction of sp³-hybridized carbons (Fsp3) is 0.250. The number of carbonyl (C=O) groups is 1. The van der Waals surface area contributed by atoms with E-state index in [9.17, 15) is 13.2 Å². The number of rotatable bonds is 9. The number of allylic oxidation sites excluding steroid dienone is 1. The molecule has 144 valence electrons. The second-order valence-corrected chi connectivity index (χ2v) is 9.11. The van der Waals surface area contributed by atoms with Crippen LogP contribution in [0.25, 0.3) is 6.08 Å². The zero-order valence-corrected chi connectivity index (χ0v) is 17.2. The fourth-order valence-corrected chi connectivity index (χ4v) is 3.40. The Morgan fingerprint density at radius 3 is 2.41 bits per heavy atom. The molecule has 27 heavy (non-hydrogen) atoms. The Morgan fingerprint density at radius 1 is 1.07 bits per heavy atom. The van der Waals surface area contributed by atoms with E-state index in [1.807, 2.05) is 18.2 Å². The quantitative estimate of drug-likeness (QED) is 0.567. The summed E-state index contributed by atoms with van der Waals surface area (Å²) in [5.41, 5.74) is 1.60. The van der Waals surface area contributed by atoms with Gasteiger partial charge in [-0.25, -0.2) is 8.42 Å². The molecular weight excluding hydrogens is 407 g/mol. The smallest absolute Gasteiger partial charge is 0.170 e. The van der Waals surface area contributed by atoms with Crippen LogP contribution in [0.2, 0.25) is 10.0 Å². The minimum atomic E-state index is -3.07. The Hall–Kier alpha value is -1.82.